The molecule has 0 bridgehead atoms. The second kappa shape index (κ2) is 7.01. The summed E-state index contributed by atoms with van der Waals surface area (Å²) in [7, 11) is -1.97. The third-order valence-corrected chi connectivity index (χ3v) is 4.74. The normalized spacial score (nSPS) is 19.2. The summed E-state index contributed by atoms with van der Waals surface area (Å²) in [6.45, 7) is 0.875. The lowest BCUT2D eigenvalue weighted by molar-refractivity contribution is -0.133. The summed E-state index contributed by atoms with van der Waals surface area (Å²) in [6.07, 6.45) is 7.18. The maximum atomic E-state index is 12.2. The van der Waals surface area contributed by atoms with Crippen molar-refractivity contribution in [3.8, 4) is 5.88 Å². The minimum absolute atomic E-state index is 0.155. The highest BCUT2D eigenvalue weighted by molar-refractivity contribution is 7.88. The van der Waals surface area contributed by atoms with Gasteiger partial charge >= 0.3 is 0 Å². The van der Waals surface area contributed by atoms with E-state index >= 15 is 0 Å². The molecule has 1 aromatic rings. The van der Waals surface area contributed by atoms with Gasteiger partial charge in [-0.25, -0.2) is 13.4 Å². The van der Waals surface area contributed by atoms with Crippen molar-refractivity contribution in [3.63, 3.8) is 0 Å². The van der Waals surface area contributed by atoms with Gasteiger partial charge in [0, 0.05) is 26.0 Å². The molecule has 1 aliphatic heterocycles. The Labute approximate surface area is 130 Å². The van der Waals surface area contributed by atoms with Gasteiger partial charge in [-0.1, -0.05) is 0 Å². The molecule has 0 spiro atoms. The van der Waals surface area contributed by atoms with Crippen molar-refractivity contribution in [3.05, 3.63) is 18.6 Å². The smallest absolute Gasteiger partial charge is 0.238 e. The van der Waals surface area contributed by atoms with Crippen LogP contribution in [0.15, 0.2) is 18.6 Å². The fraction of sp³-hybridized carbons (Fsp3) is 0.615. The molecule has 9 heteroatoms. The fourth-order valence-electron chi connectivity index (χ4n) is 2.19. The van der Waals surface area contributed by atoms with E-state index in [9.17, 15) is 13.2 Å². The van der Waals surface area contributed by atoms with Crippen LogP contribution in [-0.2, 0) is 14.8 Å². The van der Waals surface area contributed by atoms with Crippen LogP contribution in [0.2, 0.25) is 0 Å². The lowest BCUT2D eigenvalue weighted by Crippen LogP contribution is -2.48. The Hall–Kier alpha value is -1.74. The first-order valence-electron chi connectivity index (χ1n) is 6.98. The molecule has 1 aromatic heterocycles. The van der Waals surface area contributed by atoms with Crippen LogP contribution >= 0.6 is 0 Å². The number of carbonyl (C=O) groups is 1. The highest BCUT2D eigenvalue weighted by Crippen LogP contribution is 2.16. The van der Waals surface area contributed by atoms with Gasteiger partial charge in [0.2, 0.25) is 21.8 Å². The Kier molecular flexibility index (Phi) is 5.30. The van der Waals surface area contributed by atoms with Crippen LogP contribution in [0.25, 0.3) is 0 Å². The van der Waals surface area contributed by atoms with Crippen LogP contribution in [0, 0.1) is 0 Å². The average molecular weight is 328 g/mol. The molecule has 8 nitrogen and oxygen atoms in total. The molecule has 0 radical (unpaired) electrons. The summed E-state index contributed by atoms with van der Waals surface area (Å²) in [5, 5.41) is 0. The van der Waals surface area contributed by atoms with Gasteiger partial charge in [0.15, 0.2) is 0 Å². The largest absolute Gasteiger partial charge is 0.471 e. The summed E-state index contributed by atoms with van der Waals surface area (Å²) in [5.74, 6) is 0.204. The van der Waals surface area contributed by atoms with E-state index in [4.69, 9.17) is 4.74 Å². The highest BCUT2D eigenvalue weighted by atomic mass is 32.2. The van der Waals surface area contributed by atoms with Crippen LogP contribution in [0.5, 0.6) is 5.88 Å². The van der Waals surface area contributed by atoms with Gasteiger partial charge in [0.25, 0.3) is 0 Å². The fourth-order valence-corrected chi connectivity index (χ4v) is 2.53. The summed E-state index contributed by atoms with van der Waals surface area (Å²) >= 11 is 0. The molecular formula is C13H20N4O4S. The Bertz CT molecular complexity index is 608. The van der Waals surface area contributed by atoms with E-state index in [0.29, 0.717) is 19.0 Å². The SMILES string of the molecule is CN(CC(=O)N1CCC[C@@H](Oc2cnccn2)C1)S(C)(=O)=O. The first-order chi connectivity index (χ1) is 10.4. The number of sulfonamides is 1. The molecule has 2 heterocycles. The van der Waals surface area contributed by atoms with Crippen LogP contribution in [-0.4, -0.2) is 72.5 Å². The van der Waals surface area contributed by atoms with Crippen molar-refractivity contribution >= 4 is 15.9 Å². The third-order valence-electron chi connectivity index (χ3n) is 3.48. The summed E-state index contributed by atoms with van der Waals surface area (Å²) in [4.78, 5) is 21.8. The zero-order chi connectivity index (χ0) is 16.2. The number of ether oxygens (including phenoxy) is 1. The first-order valence-corrected chi connectivity index (χ1v) is 8.83. The van der Waals surface area contributed by atoms with E-state index in [1.165, 1.54) is 13.2 Å². The number of aromatic nitrogens is 2. The lowest BCUT2D eigenvalue weighted by Gasteiger charge is -2.33. The molecule has 122 valence electrons. The molecule has 2 rings (SSSR count). The van der Waals surface area contributed by atoms with Gasteiger partial charge in [0.1, 0.15) is 6.10 Å². The van der Waals surface area contributed by atoms with Crippen molar-refractivity contribution in [1.82, 2.24) is 19.2 Å². The van der Waals surface area contributed by atoms with Gasteiger partial charge in [-0.3, -0.25) is 9.78 Å². The Morgan fingerprint density at radius 3 is 2.91 bits per heavy atom. The van der Waals surface area contributed by atoms with Gasteiger partial charge in [-0.15, -0.1) is 0 Å². The van der Waals surface area contributed by atoms with E-state index in [2.05, 4.69) is 9.97 Å². The third kappa shape index (κ3) is 4.63. The zero-order valence-corrected chi connectivity index (χ0v) is 13.5. The number of likely N-dealkylation sites (tertiary alicyclic amines) is 1. The second-order valence-corrected chi connectivity index (χ2v) is 7.37. The van der Waals surface area contributed by atoms with Crippen molar-refractivity contribution < 1.29 is 17.9 Å². The van der Waals surface area contributed by atoms with Gasteiger partial charge < -0.3 is 9.64 Å². The Balaban J connectivity index is 1.91. The molecule has 22 heavy (non-hydrogen) atoms. The molecule has 1 saturated heterocycles. The van der Waals surface area contributed by atoms with Crippen molar-refractivity contribution in [2.45, 2.75) is 18.9 Å². The van der Waals surface area contributed by atoms with Gasteiger partial charge in [-0.05, 0) is 12.8 Å². The molecule has 1 aliphatic rings. The first kappa shape index (κ1) is 16.6. The number of amides is 1. The zero-order valence-electron chi connectivity index (χ0n) is 12.7. The molecule has 1 fully saturated rings. The van der Waals surface area contributed by atoms with Gasteiger partial charge in [-0.2, -0.15) is 4.31 Å². The maximum Gasteiger partial charge on any atom is 0.238 e. The topological polar surface area (TPSA) is 92.7 Å². The van der Waals surface area contributed by atoms with E-state index in [-0.39, 0.29) is 18.6 Å². The number of carbonyl (C=O) groups excluding carboxylic acids is 1. The predicted molar refractivity (Wildman–Crippen MR) is 79.7 cm³/mol. The molecule has 0 aromatic carbocycles. The average Bonchev–Trinajstić information content (AvgIpc) is 2.47. The minimum Gasteiger partial charge on any atom is -0.471 e. The minimum atomic E-state index is -3.36. The van der Waals surface area contributed by atoms with E-state index in [0.717, 1.165) is 23.4 Å². The maximum absolute atomic E-state index is 12.2. The van der Waals surface area contributed by atoms with Crippen LogP contribution in [0.3, 0.4) is 0 Å². The molecule has 1 atom stereocenters. The summed E-state index contributed by atoms with van der Waals surface area (Å²) in [6, 6.07) is 0. The van der Waals surface area contributed by atoms with Crippen molar-refractivity contribution in [2.75, 3.05) is 32.9 Å². The predicted octanol–water partition coefficient (Wildman–Crippen LogP) is -0.262. The molecular weight excluding hydrogens is 308 g/mol. The molecule has 0 N–H and O–H groups in total. The van der Waals surface area contributed by atoms with E-state index in [1.807, 2.05) is 0 Å². The number of likely N-dealkylation sites (N-methyl/N-ethyl adjacent to an activating group) is 1. The Morgan fingerprint density at radius 1 is 1.50 bits per heavy atom. The van der Waals surface area contributed by atoms with Crippen molar-refractivity contribution in [2.24, 2.45) is 0 Å². The second-order valence-electron chi connectivity index (χ2n) is 5.28. The van der Waals surface area contributed by atoms with E-state index in [1.54, 1.807) is 17.3 Å². The number of rotatable bonds is 5. The standard InChI is InChI=1S/C13H20N4O4S/c1-16(22(2,19)20)10-13(18)17-7-3-4-11(9-17)21-12-8-14-5-6-15-12/h5-6,8,11H,3-4,7,9-10H2,1-2H3/t11-/m1/s1. The molecule has 0 unspecified atom stereocenters. The Morgan fingerprint density at radius 2 is 2.27 bits per heavy atom. The van der Waals surface area contributed by atoms with Crippen LogP contribution in [0.4, 0.5) is 0 Å². The molecule has 0 saturated carbocycles. The summed E-state index contributed by atoms with van der Waals surface area (Å²) < 4.78 is 29.5. The quantitative estimate of drug-likeness (QED) is 0.739. The van der Waals surface area contributed by atoms with Crippen LogP contribution < -0.4 is 4.74 Å². The summed E-state index contributed by atoms with van der Waals surface area (Å²) in [5.41, 5.74) is 0. The van der Waals surface area contributed by atoms with Crippen molar-refractivity contribution in [1.29, 1.82) is 0 Å². The highest BCUT2D eigenvalue weighted by Gasteiger charge is 2.27. The lowest BCUT2D eigenvalue weighted by atomic mass is 10.1. The number of hydrogen-bond acceptors (Lipinski definition) is 6. The van der Waals surface area contributed by atoms with E-state index < -0.39 is 10.0 Å². The number of piperidine rings is 1. The molecule has 0 aliphatic carbocycles. The molecule has 1 amide bonds. The number of hydrogen-bond donors (Lipinski definition) is 0. The van der Waals surface area contributed by atoms with Gasteiger partial charge in [0.05, 0.1) is 25.5 Å². The van der Waals surface area contributed by atoms with Crippen LogP contribution in [0.1, 0.15) is 12.8 Å². The monoisotopic (exact) mass is 328 g/mol. The number of nitrogens with zero attached hydrogens (tertiary/aromatic N) is 4.